The first-order chi connectivity index (χ1) is 16.3. The fourth-order valence-electron chi connectivity index (χ4n) is 5.46. The molecule has 0 aromatic heterocycles. The molecule has 0 bridgehead atoms. The first kappa shape index (κ1) is 25.1. The average Bonchev–Trinajstić information content (AvgIpc) is 3.25. The predicted molar refractivity (Wildman–Crippen MR) is 132 cm³/mol. The number of carbonyl (C=O) groups excluding carboxylic acids is 2. The zero-order valence-electron chi connectivity index (χ0n) is 20.7. The van der Waals surface area contributed by atoms with Crippen LogP contribution in [0.25, 0.3) is 0 Å². The lowest BCUT2D eigenvalue weighted by molar-refractivity contribution is -0.145. The van der Waals surface area contributed by atoms with Crippen molar-refractivity contribution in [1.29, 1.82) is 0 Å². The molecule has 188 valence electrons. The van der Waals surface area contributed by atoms with Crippen molar-refractivity contribution in [3.05, 3.63) is 35.9 Å². The van der Waals surface area contributed by atoms with Crippen LogP contribution in [0.4, 0.5) is 0 Å². The van der Waals surface area contributed by atoms with Crippen LogP contribution in [0.15, 0.2) is 30.3 Å². The van der Waals surface area contributed by atoms with Crippen LogP contribution in [0.3, 0.4) is 0 Å². The van der Waals surface area contributed by atoms with Crippen molar-refractivity contribution in [3.8, 4) is 0 Å². The van der Waals surface area contributed by atoms with Crippen molar-refractivity contribution in [2.45, 2.75) is 69.2 Å². The first-order valence-electron chi connectivity index (χ1n) is 12.8. The molecule has 8 heteroatoms. The summed E-state index contributed by atoms with van der Waals surface area (Å²) in [6, 6.07) is 10.6. The maximum Gasteiger partial charge on any atom is 0.226 e. The minimum Gasteiger partial charge on any atom is -0.388 e. The highest BCUT2D eigenvalue weighted by Gasteiger charge is 2.38. The van der Waals surface area contributed by atoms with Gasteiger partial charge in [0.1, 0.15) is 0 Å². The molecule has 3 aliphatic heterocycles. The van der Waals surface area contributed by atoms with Gasteiger partial charge in [0.15, 0.2) is 0 Å². The van der Waals surface area contributed by atoms with Gasteiger partial charge in [-0.25, -0.2) is 0 Å². The molecule has 3 N–H and O–H groups in total. The Morgan fingerprint density at radius 2 is 1.97 bits per heavy atom. The summed E-state index contributed by atoms with van der Waals surface area (Å²) in [6.07, 6.45) is 4.29. The van der Waals surface area contributed by atoms with Crippen molar-refractivity contribution in [2.24, 2.45) is 0 Å². The number of hydrogen-bond acceptors (Lipinski definition) is 6. The third-order valence-corrected chi connectivity index (χ3v) is 7.91. The number of amides is 2. The summed E-state index contributed by atoms with van der Waals surface area (Å²) in [5.41, 5.74) is 0.231. The predicted octanol–water partition coefficient (Wildman–Crippen LogP) is 1.32. The van der Waals surface area contributed by atoms with Gasteiger partial charge in [-0.1, -0.05) is 37.3 Å². The normalized spacial score (nSPS) is 26.6. The smallest absolute Gasteiger partial charge is 0.226 e. The molecule has 0 saturated carbocycles. The third-order valence-electron chi connectivity index (χ3n) is 7.91. The monoisotopic (exact) mass is 471 g/mol. The number of likely N-dealkylation sites (N-methyl/N-ethyl adjacent to an activating group) is 1. The zero-order valence-corrected chi connectivity index (χ0v) is 20.7. The zero-order chi connectivity index (χ0) is 24.1. The SMILES string of the molecule is C[C@H](CC(=O)N1CCC(O)(CN2CNC(NC[C@H]3CCCN3C)CC2=O)CC1)c1ccccc1. The fourth-order valence-corrected chi connectivity index (χ4v) is 5.46. The van der Waals surface area contributed by atoms with Crippen molar-refractivity contribution < 1.29 is 14.7 Å². The summed E-state index contributed by atoms with van der Waals surface area (Å²) >= 11 is 0. The molecule has 3 aliphatic rings. The number of β-amino-alcohol motifs (C(OH)–C–C–N with tert-alkyl or cyclic N) is 1. The number of hydrogen-bond donors (Lipinski definition) is 3. The highest BCUT2D eigenvalue weighted by atomic mass is 16.3. The number of aliphatic hydroxyl groups is 1. The van der Waals surface area contributed by atoms with E-state index in [1.165, 1.54) is 18.4 Å². The van der Waals surface area contributed by atoms with Gasteiger partial charge >= 0.3 is 0 Å². The largest absolute Gasteiger partial charge is 0.388 e. The van der Waals surface area contributed by atoms with Gasteiger partial charge in [-0.05, 0) is 50.8 Å². The second-order valence-corrected chi connectivity index (χ2v) is 10.5. The summed E-state index contributed by atoms with van der Waals surface area (Å²) in [5.74, 6) is 0.373. The Balaban J connectivity index is 1.19. The van der Waals surface area contributed by atoms with E-state index in [2.05, 4.69) is 41.6 Å². The van der Waals surface area contributed by atoms with Gasteiger partial charge in [-0.2, -0.15) is 0 Å². The van der Waals surface area contributed by atoms with E-state index in [4.69, 9.17) is 0 Å². The van der Waals surface area contributed by atoms with Crippen LogP contribution in [0.1, 0.15) is 56.9 Å². The quantitative estimate of drug-likeness (QED) is 0.530. The maximum atomic E-state index is 12.8. The number of piperidine rings is 1. The Kier molecular flexibility index (Phi) is 8.24. The van der Waals surface area contributed by atoms with Crippen LogP contribution >= 0.6 is 0 Å². The lowest BCUT2D eigenvalue weighted by Crippen LogP contribution is -2.61. The van der Waals surface area contributed by atoms with E-state index in [-0.39, 0.29) is 23.9 Å². The summed E-state index contributed by atoms with van der Waals surface area (Å²) in [7, 11) is 2.16. The van der Waals surface area contributed by atoms with Crippen molar-refractivity contribution in [3.63, 3.8) is 0 Å². The van der Waals surface area contributed by atoms with Gasteiger partial charge in [-0.15, -0.1) is 0 Å². The molecule has 1 unspecified atom stereocenters. The number of benzene rings is 1. The molecular formula is C26H41N5O3. The molecular weight excluding hydrogens is 430 g/mol. The Hall–Kier alpha value is -2.00. The highest BCUT2D eigenvalue weighted by Crippen LogP contribution is 2.27. The van der Waals surface area contributed by atoms with Crippen molar-refractivity contribution in [1.82, 2.24) is 25.3 Å². The first-order valence-corrected chi connectivity index (χ1v) is 12.8. The van der Waals surface area contributed by atoms with E-state index in [1.54, 1.807) is 4.90 Å². The Morgan fingerprint density at radius 3 is 2.62 bits per heavy atom. The molecule has 3 atom stereocenters. The minimum atomic E-state index is -0.939. The van der Waals surface area contributed by atoms with Crippen LogP contribution in [0, 0.1) is 0 Å². The molecule has 34 heavy (non-hydrogen) atoms. The van der Waals surface area contributed by atoms with Gasteiger partial charge in [0.25, 0.3) is 0 Å². The van der Waals surface area contributed by atoms with E-state index in [9.17, 15) is 14.7 Å². The fraction of sp³-hybridized carbons (Fsp3) is 0.692. The molecule has 3 saturated heterocycles. The van der Waals surface area contributed by atoms with E-state index >= 15 is 0 Å². The second kappa shape index (κ2) is 11.2. The van der Waals surface area contributed by atoms with Gasteiger partial charge in [0.2, 0.25) is 11.8 Å². The van der Waals surface area contributed by atoms with Gasteiger partial charge in [-0.3, -0.25) is 20.2 Å². The number of carbonyl (C=O) groups is 2. The molecule has 4 rings (SSSR count). The Morgan fingerprint density at radius 1 is 1.24 bits per heavy atom. The average molecular weight is 472 g/mol. The van der Waals surface area contributed by atoms with E-state index < -0.39 is 5.60 Å². The second-order valence-electron chi connectivity index (χ2n) is 10.5. The summed E-state index contributed by atoms with van der Waals surface area (Å²) in [6.45, 7) is 5.94. The number of nitrogens with zero attached hydrogens (tertiary/aromatic N) is 3. The Labute approximate surface area is 203 Å². The molecule has 1 aromatic rings. The Bertz CT molecular complexity index is 827. The van der Waals surface area contributed by atoms with Gasteiger partial charge < -0.3 is 19.8 Å². The van der Waals surface area contributed by atoms with Crippen LogP contribution in [0.2, 0.25) is 0 Å². The summed E-state index contributed by atoms with van der Waals surface area (Å²) < 4.78 is 0. The topological polar surface area (TPSA) is 88.2 Å². The standard InChI is InChI=1S/C26H41N5O3/c1-20(21-7-4-3-5-8-21)15-24(32)30-13-10-26(34,11-14-30)18-31-19-28-23(16-25(31)33)27-17-22-9-6-12-29(22)2/h3-5,7-8,20,22-23,27-28,34H,6,9-19H2,1-2H3/t20-,22-,23?/m1/s1. The molecule has 2 amide bonds. The van der Waals surface area contributed by atoms with E-state index in [1.807, 2.05) is 23.1 Å². The van der Waals surface area contributed by atoms with Crippen molar-refractivity contribution in [2.75, 3.05) is 46.4 Å². The van der Waals surface area contributed by atoms with E-state index in [0.717, 1.165) is 13.1 Å². The summed E-state index contributed by atoms with van der Waals surface area (Å²) in [5, 5.41) is 18.1. The minimum absolute atomic E-state index is 0.0153. The molecule has 0 aliphatic carbocycles. The number of likely N-dealkylation sites (tertiary alicyclic amines) is 2. The molecule has 3 fully saturated rings. The van der Waals surface area contributed by atoms with Crippen LogP contribution in [0.5, 0.6) is 0 Å². The molecule has 0 radical (unpaired) electrons. The van der Waals surface area contributed by atoms with Gasteiger partial charge in [0, 0.05) is 32.1 Å². The van der Waals surface area contributed by atoms with Crippen LogP contribution in [-0.2, 0) is 9.59 Å². The highest BCUT2D eigenvalue weighted by molar-refractivity contribution is 5.78. The van der Waals surface area contributed by atoms with Crippen LogP contribution in [-0.4, -0.2) is 95.9 Å². The molecule has 3 heterocycles. The summed E-state index contributed by atoms with van der Waals surface area (Å²) in [4.78, 5) is 31.5. The third kappa shape index (κ3) is 6.36. The lowest BCUT2D eigenvalue weighted by Gasteiger charge is -2.43. The van der Waals surface area contributed by atoms with Crippen molar-refractivity contribution >= 4 is 11.8 Å². The number of nitrogens with one attached hydrogen (secondary N) is 2. The molecule has 1 aromatic carbocycles. The molecule has 0 spiro atoms. The van der Waals surface area contributed by atoms with Gasteiger partial charge in [0.05, 0.1) is 31.4 Å². The van der Waals surface area contributed by atoms with Crippen LogP contribution < -0.4 is 10.6 Å². The number of rotatable bonds is 8. The molecule has 8 nitrogen and oxygen atoms in total. The lowest BCUT2D eigenvalue weighted by atomic mass is 9.89. The maximum absolute atomic E-state index is 12.8. The van der Waals surface area contributed by atoms with E-state index in [0.29, 0.717) is 58.0 Å².